The molecule has 0 saturated carbocycles. The van der Waals surface area contributed by atoms with Gasteiger partial charge in [-0.25, -0.2) is 0 Å². The summed E-state index contributed by atoms with van der Waals surface area (Å²) in [7, 11) is 1.41. The third-order valence-corrected chi connectivity index (χ3v) is 2.24. The Morgan fingerprint density at radius 1 is 1.38 bits per heavy atom. The van der Waals surface area contributed by atoms with Crippen molar-refractivity contribution in [3.05, 3.63) is 12.2 Å². The minimum atomic E-state index is -0.169. The van der Waals surface area contributed by atoms with Gasteiger partial charge in [0.2, 0.25) is 0 Å². The monoisotopic (exact) mass is 183 g/mol. The fourth-order valence-electron chi connectivity index (χ4n) is 1.45. The number of hydrogen-bond donors (Lipinski definition) is 0. The van der Waals surface area contributed by atoms with Crippen molar-refractivity contribution in [2.45, 2.75) is 19.3 Å². The van der Waals surface area contributed by atoms with E-state index in [4.69, 9.17) is 0 Å². The van der Waals surface area contributed by atoms with Crippen LogP contribution in [-0.4, -0.2) is 37.6 Å². The van der Waals surface area contributed by atoms with E-state index in [2.05, 4.69) is 9.64 Å². The average molecular weight is 183 g/mol. The molecule has 3 heteroatoms. The minimum Gasteiger partial charge on any atom is -0.469 e. The smallest absolute Gasteiger partial charge is 0.309 e. The van der Waals surface area contributed by atoms with Crippen LogP contribution in [-0.2, 0) is 9.53 Å². The van der Waals surface area contributed by atoms with Crippen molar-refractivity contribution in [2.75, 3.05) is 26.7 Å². The van der Waals surface area contributed by atoms with Crippen LogP contribution >= 0.6 is 0 Å². The van der Waals surface area contributed by atoms with Crippen molar-refractivity contribution in [1.82, 2.24) is 4.90 Å². The lowest BCUT2D eigenvalue weighted by Crippen LogP contribution is -2.18. The Morgan fingerprint density at radius 3 is 2.69 bits per heavy atom. The number of esters is 1. The number of ether oxygens (including phenoxy) is 1. The predicted molar refractivity (Wildman–Crippen MR) is 51.4 cm³/mol. The number of likely N-dealkylation sites (tertiary alicyclic amines) is 1. The predicted octanol–water partition coefficient (Wildman–Crippen LogP) is 1.20. The molecule has 0 amide bonds. The van der Waals surface area contributed by atoms with Gasteiger partial charge in [-0.05, 0) is 25.9 Å². The molecule has 0 N–H and O–H groups in total. The number of carbonyl (C=O) groups excluding carboxylic acids is 1. The Hall–Kier alpha value is -0.830. The van der Waals surface area contributed by atoms with Gasteiger partial charge >= 0.3 is 5.97 Å². The highest BCUT2D eigenvalue weighted by Crippen LogP contribution is 2.06. The Kier molecular flexibility index (Phi) is 4.54. The van der Waals surface area contributed by atoms with Gasteiger partial charge in [0.05, 0.1) is 13.5 Å². The van der Waals surface area contributed by atoms with Crippen LogP contribution in [0.3, 0.4) is 0 Å². The van der Waals surface area contributed by atoms with Crippen LogP contribution in [0.2, 0.25) is 0 Å². The molecule has 0 aromatic rings. The van der Waals surface area contributed by atoms with Gasteiger partial charge < -0.3 is 4.74 Å². The third-order valence-electron chi connectivity index (χ3n) is 2.24. The summed E-state index contributed by atoms with van der Waals surface area (Å²) in [4.78, 5) is 13.1. The first-order valence-corrected chi connectivity index (χ1v) is 4.77. The van der Waals surface area contributed by atoms with E-state index in [1.165, 1.54) is 33.0 Å². The Bertz CT molecular complexity index is 183. The van der Waals surface area contributed by atoms with Crippen LogP contribution < -0.4 is 0 Å². The fourth-order valence-corrected chi connectivity index (χ4v) is 1.45. The summed E-state index contributed by atoms with van der Waals surface area (Å²) in [5, 5.41) is 0. The summed E-state index contributed by atoms with van der Waals surface area (Å²) in [6.07, 6.45) is 6.94. The van der Waals surface area contributed by atoms with Crippen LogP contribution in [0.25, 0.3) is 0 Å². The van der Waals surface area contributed by atoms with Crippen LogP contribution in [0, 0.1) is 0 Å². The van der Waals surface area contributed by atoms with Gasteiger partial charge in [0.1, 0.15) is 0 Å². The summed E-state index contributed by atoms with van der Waals surface area (Å²) < 4.78 is 4.52. The third kappa shape index (κ3) is 4.08. The highest BCUT2D eigenvalue weighted by atomic mass is 16.5. The second-order valence-electron chi connectivity index (χ2n) is 3.26. The van der Waals surface area contributed by atoms with Crippen molar-refractivity contribution in [2.24, 2.45) is 0 Å². The summed E-state index contributed by atoms with van der Waals surface area (Å²) in [5.74, 6) is -0.169. The standard InChI is InChI=1S/C10H17NO2/c1-13-10(12)6-2-3-7-11-8-4-5-9-11/h2-3H,4-9H2,1H3/b3-2-. The van der Waals surface area contributed by atoms with Gasteiger partial charge in [-0.15, -0.1) is 0 Å². The van der Waals surface area contributed by atoms with Gasteiger partial charge in [0.25, 0.3) is 0 Å². The normalized spacial score (nSPS) is 18.2. The van der Waals surface area contributed by atoms with Crippen LogP contribution in [0.5, 0.6) is 0 Å². The van der Waals surface area contributed by atoms with E-state index >= 15 is 0 Å². The molecule has 0 unspecified atom stereocenters. The molecule has 1 aliphatic rings. The quantitative estimate of drug-likeness (QED) is 0.484. The van der Waals surface area contributed by atoms with Crippen molar-refractivity contribution in [3.63, 3.8) is 0 Å². The highest BCUT2D eigenvalue weighted by Gasteiger charge is 2.08. The zero-order chi connectivity index (χ0) is 9.52. The maximum Gasteiger partial charge on any atom is 0.309 e. The molecule has 1 heterocycles. The first-order chi connectivity index (χ1) is 6.33. The number of rotatable bonds is 4. The molecule has 1 saturated heterocycles. The molecular formula is C10H17NO2. The largest absolute Gasteiger partial charge is 0.469 e. The van der Waals surface area contributed by atoms with Gasteiger partial charge in [0, 0.05) is 6.54 Å². The number of carbonyl (C=O) groups is 1. The molecule has 0 aliphatic carbocycles. The Morgan fingerprint density at radius 2 is 2.08 bits per heavy atom. The lowest BCUT2D eigenvalue weighted by Gasteiger charge is -2.10. The van der Waals surface area contributed by atoms with E-state index in [1.807, 2.05) is 12.2 Å². The molecule has 74 valence electrons. The van der Waals surface area contributed by atoms with Crippen molar-refractivity contribution < 1.29 is 9.53 Å². The first kappa shape index (κ1) is 10.3. The summed E-state index contributed by atoms with van der Waals surface area (Å²) in [5.41, 5.74) is 0. The van der Waals surface area contributed by atoms with Gasteiger partial charge in [-0.1, -0.05) is 12.2 Å². The van der Waals surface area contributed by atoms with Crippen LogP contribution in [0.4, 0.5) is 0 Å². The first-order valence-electron chi connectivity index (χ1n) is 4.77. The number of methoxy groups -OCH3 is 1. The molecule has 1 aliphatic heterocycles. The molecular weight excluding hydrogens is 166 g/mol. The molecule has 0 radical (unpaired) electrons. The molecule has 1 fully saturated rings. The fraction of sp³-hybridized carbons (Fsp3) is 0.700. The minimum absolute atomic E-state index is 0.169. The lowest BCUT2D eigenvalue weighted by molar-refractivity contribution is -0.139. The van der Waals surface area contributed by atoms with Crippen molar-refractivity contribution >= 4 is 5.97 Å². The Balaban J connectivity index is 2.06. The summed E-state index contributed by atoms with van der Waals surface area (Å²) in [6, 6.07) is 0. The maximum atomic E-state index is 10.7. The molecule has 3 nitrogen and oxygen atoms in total. The SMILES string of the molecule is COC(=O)C/C=C\CN1CCCC1. The zero-order valence-electron chi connectivity index (χ0n) is 8.16. The summed E-state index contributed by atoms with van der Waals surface area (Å²) >= 11 is 0. The molecule has 0 aromatic heterocycles. The molecule has 0 aromatic carbocycles. The van der Waals surface area contributed by atoms with Crippen molar-refractivity contribution in [1.29, 1.82) is 0 Å². The molecule has 0 spiro atoms. The Labute approximate surface area is 79.4 Å². The second kappa shape index (κ2) is 5.75. The molecule has 0 atom stereocenters. The zero-order valence-corrected chi connectivity index (χ0v) is 8.16. The molecule has 13 heavy (non-hydrogen) atoms. The lowest BCUT2D eigenvalue weighted by atomic mass is 10.3. The van der Waals surface area contributed by atoms with E-state index in [0.29, 0.717) is 6.42 Å². The topological polar surface area (TPSA) is 29.5 Å². The molecule has 1 rings (SSSR count). The maximum absolute atomic E-state index is 10.7. The van der Waals surface area contributed by atoms with E-state index in [9.17, 15) is 4.79 Å². The van der Waals surface area contributed by atoms with Gasteiger partial charge in [0.15, 0.2) is 0 Å². The van der Waals surface area contributed by atoms with E-state index in [1.54, 1.807) is 0 Å². The van der Waals surface area contributed by atoms with E-state index in [-0.39, 0.29) is 5.97 Å². The van der Waals surface area contributed by atoms with Crippen LogP contribution in [0.1, 0.15) is 19.3 Å². The second-order valence-corrected chi connectivity index (χ2v) is 3.26. The number of nitrogens with zero attached hydrogens (tertiary/aromatic N) is 1. The number of hydrogen-bond acceptors (Lipinski definition) is 3. The van der Waals surface area contributed by atoms with Gasteiger partial charge in [-0.2, -0.15) is 0 Å². The average Bonchev–Trinajstić information content (AvgIpc) is 2.64. The van der Waals surface area contributed by atoms with E-state index in [0.717, 1.165) is 6.54 Å². The van der Waals surface area contributed by atoms with Crippen molar-refractivity contribution in [3.8, 4) is 0 Å². The highest BCUT2D eigenvalue weighted by molar-refractivity contribution is 5.70. The van der Waals surface area contributed by atoms with Gasteiger partial charge in [-0.3, -0.25) is 9.69 Å². The van der Waals surface area contributed by atoms with Crippen LogP contribution in [0.15, 0.2) is 12.2 Å². The molecule has 0 bridgehead atoms. The van der Waals surface area contributed by atoms with E-state index < -0.39 is 0 Å². The summed E-state index contributed by atoms with van der Waals surface area (Å²) in [6.45, 7) is 3.36.